The minimum atomic E-state index is -0.568. The monoisotopic (exact) mass is 318 g/mol. The minimum absolute atomic E-state index is 0.144. The van der Waals surface area contributed by atoms with E-state index in [4.69, 9.17) is 5.73 Å². The van der Waals surface area contributed by atoms with Crippen molar-refractivity contribution < 1.29 is 8.78 Å². The Morgan fingerprint density at radius 3 is 2.30 bits per heavy atom. The number of nitrogens with two attached hydrogens (primary N) is 1. The van der Waals surface area contributed by atoms with Gasteiger partial charge in [-0.2, -0.15) is 0 Å². The summed E-state index contributed by atoms with van der Waals surface area (Å²) in [4.78, 5) is 0. The fourth-order valence-electron chi connectivity index (χ4n) is 2.73. The Morgan fingerprint density at radius 1 is 1.04 bits per heavy atom. The molecule has 0 heterocycles. The first kappa shape index (κ1) is 17.6. The molecule has 0 fully saturated rings. The maximum atomic E-state index is 13.4. The molecular weight excluding hydrogens is 294 g/mol. The molecule has 0 saturated heterocycles. The van der Waals surface area contributed by atoms with Gasteiger partial charge < -0.3 is 11.1 Å². The van der Waals surface area contributed by atoms with Crippen LogP contribution in [0.4, 0.5) is 8.78 Å². The van der Waals surface area contributed by atoms with Crippen molar-refractivity contribution in [3.63, 3.8) is 0 Å². The molecule has 0 aliphatic rings. The van der Waals surface area contributed by atoms with Gasteiger partial charge in [-0.25, -0.2) is 8.78 Å². The standard InChI is InChI=1S/C19H24F2N2/c1-3-14-5-4-6-15(7-14)11-23-12-19(13(2)22)16-8-17(20)10-18(21)9-16/h4-10,13,19,23H,3,11-12,22H2,1-2H3/t13-,19-/m0/s1. The van der Waals surface area contributed by atoms with E-state index < -0.39 is 11.6 Å². The quantitative estimate of drug-likeness (QED) is 0.816. The molecule has 2 nitrogen and oxygen atoms in total. The fourth-order valence-corrected chi connectivity index (χ4v) is 2.73. The summed E-state index contributed by atoms with van der Waals surface area (Å²) in [6.45, 7) is 5.25. The van der Waals surface area contributed by atoms with E-state index in [1.54, 1.807) is 0 Å². The Balaban J connectivity index is 2.02. The number of hydrogen-bond donors (Lipinski definition) is 2. The molecule has 0 unspecified atom stereocenters. The molecule has 0 aliphatic heterocycles. The van der Waals surface area contributed by atoms with Gasteiger partial charge >= 0.3 is 0 Å². The molecule has 0 spiro atoms. The van der Waals surface area contributed by atoms with Crippen molar-refractivity contribution in [2.45, 2.75) is 38.8 Å². The van der Waals surface area contributed by atoms with Crippen LogP contribution in [-0.4, -0.2) is 12.6 Å². The Morgan fingerprint density at radius 2 is 1.70 bits per heavy atom. The van der Waals surface area contributed by atoms with Crippen LogP contribution in [0.15, 0.2) is 42.5 Å². The molecule has 0 amide bonds. The largest absolute Gasteiger partial charge is 0.327 e. The number of benzene rings is 2. The lowest BCUT2D eigenvalue weighted by molar-refractivity contribution is 0.504. The summed E-state index contributed by atoms with van der Waals surface area (Å²) in [5.74, 6) is -1.28. The van der Waals surface area contributed by atoms with E-state index in [1.165, 1.54) is 23.3 Å². The highest BCUT2D eigenvalue weighted by Gasteiger charge is 2.17. The summed E-state index contributed by atoms with van der Waals surface area (Å²) in [6, 6.07) is 11.8. The predicted octanol–water partition coefficient (Wildman–Crippen LogP) is 3.75. The van der Waals surface area contributed by atoms with Gasteiger partial charge in [0.25, 0.3) is 0 Å². The lowest BCUT2D eigenvalue weighted by Gasteiger charge is -2.22. The van der Waals surface area contributed by atoms with Crippen LogP contribution in [0.1, 0.15) is 36.5 Å². The number of rotatable bonds is 7. The molecule has 0 aliphatic carbocycles. The first-order chi connectivity index (χ1) is 11.0. The van der Waals surface area contributed by atoms with Crippen molar-refractivity contribution in [3.05, 3.63) is 70.8 Å². The van der Waals surface area contributed by atoms with E-state index in [-0.39, 0.29) is 12.0 Å². The van der Waals surface area contributed by atoms with Gasteiger partial charge in [-0.3, -0.25) is 0 Å². The summed E-state index contributed by atoms with van der Waals surface area (Å²) >= 11 is 0. The summed E-state index contributed by atoms with van der Waals surface area (Å²) in [7, 11) is 0. The molecule has 124 valence electrons. The summed E-state index contributed by atoms with van der Waals surface area (Å²) in [5.41, 5.74) is 9.08. The van der Waals surface area contributed by atoms with Crippen molar-refractivity contribution in [2.24, 2.45) is 5.73 Å². The van der Waals surface area contributed by atoms with Gasteiger partial charge in [0.1, 0.15) is 11.6 Å². The van der Waals surface area contributed by atoms with Gasteiger partial charge in [0.2, 0.25) is 0 Å². The lowest BCUT2D eigenvalue weighted by atomic mass is 9.92. The molecule has 2 aromatic carbocycles. The SMILES string of the molecule is CCc1cccc(CNC[C@H](c2cc(F)cc(F)c2)[C@H](C)N)c1. The first-order valence-electron chi connectivity index (χ1n) is 7.99. The summed E-state index contributed by atoms with van der Waals surface area (Å²) in [5, 5.41) is 3.35. The van der Waals surface area contributed by atoms with E-state index in [0.29, 0.717) is 18.7 Å². The van der Waals surface area contributed by atoms with Crippen LogP contribution in [0.25, 0.3) is 0 Å². The molecule has 4 heteroatoms. The average molecular weight is 318 g/mol. The molecular formula is C19H24F2N2. The Labute approximate surface area is 136 Å². The highest BCUT2D eigenvalue weighted by molar-refractivity contribution is 5.25. The van der Waals surface area contributed by atoms with Crippen LogP contribution < -0.4 is 11.1 Å². The number of hydrogen-bond acceptors (Lipinski definition) is 2. The maximum Gasteiger partial charge on any atom is 0.126 e. The number of aryl methyl sites for hydroxylation is 1. The van der Waals surface area contributed by atoms with Crippen molar-refractivity contribution in [2.75, 3.05) is 6.54 Å². The van der Waals surface area contributed by atoms with Crippen molar-refractivity contribution in [1.29, 1.82) is 0 Å². The van der Waals surface area contributed by atoms with Gasteiger partial charge in [-0.1, -0.05) is 31.2 Å². The van der Waals surface area contributed by atoms with Crippen LogP contribution in [-0.2, 0) is 13.0 Å². The molecule has 2 aromatic rings. The molecule has 3 N–H and O–H groups in total. The zero-order valence-electron chi connectivity index (χ0n) is 13.7. The predicted molar refractivity (Wildman–Crippen MR) is 90.3 cm³/mol. The number of nitrogens with one attached hydrogen (secondary N) is 1. The van der Waals surface area contributed by atoms with Crippen LogP contribution in [0.3, 0.4) is 0 Å². The van der Waals surface area contributed by atoms with E-state index in [9.17, 15) is 8.78 Å². The molecule has 0 bridgehead atoms. The van der Waals surface area contributed by atoms with E-state index in [0.717, 1.165) is 12.5 Å². The van der Waals surface area contributed by atoms with Crippen molar-refractivity contribution in [3.8, 4) is 0 Å². The van der Waals surface area contributed by atoms with E-state index in [2.05, 4.69) is 30.4 Å². The Hall–Kier alpha value is -1.78. The molecule has 0 radical (unpaired) electrons. The minimum Gasteiger partial charge on any atom is -0.327 e. The molecule has 2 atom stereocenters. The zero-order chi connectivity index (χ0) is 16.8. The molecule has 23 heavy (non-hydrogen) atoms. The number of halogens is 2. The second-order valence-electron chi connectivity index (χ2n) is 5.97. The molecule has 0 saturated carbocycles. The third-order valence-electron chi connectivity index (χ3n) is 4.04. The van der Waals surface area contributed by atoms with Crippen molar-refractivity contribution in [1.82, 2.24) is 5.32 Å². The second-order valence-corrected chi connectivity index (χ2v) is 5.97. The highest BCUT2D eigenvalue weighted by Crippen LogP contribution is 2.21. The lowest BCUT2D eigenvalue weighted by Crippen LogP contribution is -2.33. The van der Waals surface area contributed by atoms with Gasteiger partial charge in [-0.05, 0) is 42.2 Å². The normalized spacial score (nSPS) is 13.8. The Bertz CT molecular complexity index is 621. The van der Waals surface area contributed by atoms with E-state index in [1.807, 2.05) is 13.0 Å². The Kier molecular flexibility index (Phi) is 6.25. The van der Waals surface area contributed by atoms with Crippen LogP contribution in [0.2, 0.25) is 0 Å². The van der Waals surface area contributed by atoms with Gasteiger partial charge in [-0.15, -0.1) is 0 Å². The topological polar surface area (TPSA) is 38.0 Å². The average Bonchev–Trinajstić information content (AvgIpc) is 2.50. The third-order valence-corrected chi connectivity index (χ3v) is 4.04. The zero-order valence-corrected chi connectivity index (χ0v) is 13.7. The van der Waals surface area contributed by atoms with Crippen LogP contribution in [0.5, 0.6) is 0 Å². The van der Waals surface area contributed by atoms with E-state index >= 15 is 0 Å². The second kappa shape index (κ2) is 8.18. The summed E-state index contributed by atoms with van der Waals surface area (Å²) < 4.78 is 26.8. The summed E-state index contributed by atoms with van der Waals surface area (Å²) in [6.07, 6.45) is 0.999. The molecule has 0 aromatic heterocycles. The molecule has 2 rings (SSSR count). The van der Waals surface area contributed by atoms with Crippen LogP contribution in [0, 0.1) is 11.6 Å². The maximum absolute atomic E-state index is 13.4. The van der Waals surface area contributed by atoms with Gasteiger partial charge in [0.15, 0.2) is 0 Å². The highest BCUT2D eigenvalue weighted by atomic mass is 19.1. The van der Waals surface area contributed by atoms with Gasteiger partial charge in [0.05, 0.1) is 0 Å². The van der Waals surface area contributed by atoms with Gasteiger partial charge in [0, 0.05) is 31.1 Å². The van der Waals surface area contributed by atoms with Crippen LogP contribution >= 0.6 is 0 Å². The first-order valence-corrected chi connectivity index (χ1v) is 7.99. The smallest absolute Gasteiger partial charge is 0.126 e. The fraction of sp³-hybridized carbons (Fsp3) is 0.368. The van der Waals surface area contributed by atoms with Crippen molar-refractivity contribution >= 4 is 0 Å². The third kappa shape index (κ3) is 5.12.